The Labute approximate surface area is 136 Å². The van der Waals surface area contributed by atoms with Gasteiger partial charge in [0.25, 0.3) is 5.91 Å². The second-order valence-corrected chi connectivity index (χ2v) is 6.16. The molecule has 1 saturated heterocycles. The molecule has 2 aromatic carbocycles. The Morgan fingerprint density at radius 3 is 2.74 bits per heavy atom. The van der Waals surface area contributed by atoms with E-state index in [4.69, 9.17) is 4.74 Å². The first-order valence-corrected chi connectivity index (χ1v) is 8.20. The maximum absolute atomic E-state index is 13.0. The number of carbonyl (C=O) groups excluding carboxylic acids is 1. The van der Waals surface area contributed by atoms with E-state index in [1.165, 1.54) is 0 Å². The Bertz CT molecular complexity index is 698. The van der Waals surface area contributed by atoms with E-state index in [2.05, 4.69) is 0 Å². The first-order valence-electron chi connectivity index (χ1n) is 8.20. The maximum Gasteiger partial charge on any atom is 0.254 e. The van der Waals surface area contributed by atoms with Crippen LogP contribution in [0.15, 0.2) is 36.4 Å². The number of benzene rings is 2. The summed E-state index contributed by atoms with van der Waals surface area (Å²) in [6, 6.07) is 11.5. The lowest BCUT2D eigenvalue weighted by atomic mass is 10.0. The molecule has 4 nitrogen and oxygen atoms in total. The lowest BCUT2D eigenvalue weighted by Crippen LogP contribution is -2.35. The molecule has 23 heavy (non-hydrogen) atoms. The Balaban J connectivity index is 1.97. The van der Waals surface area contributed by atoms with E-state index in [0.717, 1.165) is 42.3 Å². The van der Waals surface area contributed by atoms with Crippen molar-refractivity contribution in [3.8, 4) is 5.75 Å². The zero-order valence-corrected chi connectivity index (χ0v) is 13.5. The van der Waals surface area contributed by atoms with Crippen molar-refractivity contribution in [2.24, 2.45) is 5.92 Å². The zero-order chi connectivity index (χ0) is 16.2. The Morgan fingerprint density at radius 2 is 2.00 bits per heavy atom. The lowest BCUT2D eigenvalue weighted by molar-refractivity contribution is 0.0722. The highest BCUT2D eigenvalue weighted by Crippen LogP contribution is 2.29. The van der Waals surface area contributed by atoms with Gasteiger partial charge in [0.2, 0.25) is 0 Å². The predicted molar refractivity (Wildman–Crippen MR) is 90.8 cm³/mol. The maximum atomic E-state index is 13.0. The quantitative estimate of drug-likeness (QED) is 0.947. The monoisotopic (exact) mass is 313 g/mol. The van der Waals surface area contributed by atoms with Gasteiger partial charge in [-0.25, -0.2) is 0 Å². The fourth-order valence-electron chi connectivity index (χ4n) is 3.37. The smallest absolute Gasteiger partial charge is 0.254 e. The van der Waals surface area contributed by atoms with Crippen LogP contribution in [0.4, 0.5) is 0 Å². The molecule has 1 aliphatic heterocycles. The van der Waals surface area contributed by atoms with E-state index < -0.39 is 0 Å². The SMILES string of the molecule is COc1ccc(C(=O)N2CCCCC(CO)C2)c2ccccc12. The molecule has 0 radical (unpaired) electrons. The average molecular weight is 313 g/mol. The third kappa shape index (κ3) is 3.17. The lowest BCUT2D eigenvalue weighted by Gasteiger charge is -2.24. The summed E-state index contributed by atoms with van der Waals surface area (Å²) < 4.78 is 5.40. The molecule has 3 rings (SSSR count). The van der Waals surface area contributed by atoms with E-state index in [1.54, 1.807) is 7.11 Å². The summed E-state index contributed by atoms with van der Waals surface area (Å²) in [5, 5.41) is 11.3. The number of nitrogens with zero attached hydrogens (tertiary/aromatic N) is 1. The summed E-state index contributed by atoms with van der Waals surface area (Å²) in [5.74, 6) is 1.01. The molecule has 4 heteroatoms. The molecule has 1 unspecified atom stereocenters. The number of carbonyl (C=O) groups is 1. The highest BCUT2D eigenvalue weighted by molar-refractivity contribution is 6.08. The van der Waals surface area contributed by atoms with Gasteiger partial charge in [0.15, 0.2) is 0 Å². The fourth-order valence-corrected chi connectivity index (χ4v) is 3.37. The van der Waals surface area contributed by atoms with Crippen LogP contribution in [0.3, 0.4) is 0 Å². The van der Waals surface area contributed by atoms with Crippen molar-refractivity contribution in [2.45, 2.75) is 19.3 Å². The third-order valence-electron chi connectivity index (χ3n) is 4.65. The molecule has 0 saturated carbocycles. The number of aliphatic hydroxyl groups is 1. The van der Waals surface area contributed by atoms with Gasteiger partial charge in [-0.15, -0.1) is 0 Å². The molecule has 1 heterocycles. The van der Waals surface area contributed by atoms with Gasteiger partial charge in [0, 0.05) is 30.6 Å². The molecular formula is C19H23NO3. The van der Waals surface area contributed by atoms with Crippen LogP contribution < -0.4 is 4.74 Å². The Hall–Kier alpha value is -2.07. The minimum atomic E-state index is 0.0456. The van der Waals surface area contributed by atoms with E-state index in [9.17, 15) is 9.90 Å². The number of likely N-dealkylation sites (tertiary alicyclic amines) is 1. The van der Waals surface area contributed by atoms with Crippen LogP contribution in [0.2, 0.25) is 0 Å². The van der Waals surface area contributed by atoms with Crippen molar-refractivity contribution in [1.82, 2.24) is 4.90 Å². The van der Waals surface area contributed by atoms with Crippen LogP contribution in [0.25, 0.3) is 10.8 Å². The van der Waals surface area contributed by atoms with Crippen LogP contribution in [-0.4, -0.2) is 42.7 Å². The first-order chi connectivity index (χ1) is 11.2. The van der Waals surface area contributed by atoms with E-state index in [0.29, 0.717) is 12.1 Å². The summed E-state index contributed by atoms with van der Waals surface area (Å²) in [7, 11) is 1.64. The van der Waals surface area contributed by atoms with Gasteiger partial charge in [0.05, 0.1) is 7.11 Å². The second kappa shape index (κ2) is 7.01. The molecular weight excluding hydrogens is 290 g/mol. The van der Waals surface area contributed by atoms with Crippen molar-refractivity contribution in [1.29, 1.82) is 0 Å². The Kier molecular flexibility index (Phi) is 4.82. The number of ether oxygens (including phenoxy) is 1. The molecule has 0 aromatic heterocycles. The minimum absolute atomic E-state index is 0.0456. The predicted octanol–water partition coefficient (Wildman–Crippen LogP) is 3.08. The van der Waals surface area contributed by atoms with Crippen molar-refractivity contribution in [3.63, 3.8) is 0 Å². The molecule has 0 spiro atoms. The number of amides is 1. The van der Waals surface area contributed by atoms with Crippen LogP contribution >= 0.6 is 0 Å². The summed E-state index contributed by atoms with van der Waals surface area (Å²) in [4.78, 5) is 14.9. The van der Waals surface area contributed by atoms with Gasteiger partial charge < -0.3 is 14.7 Å². The minimum Gasteiger partial charge on any atom is -0.496 e. The van der Waals surface area contributed by atoms with Crippen molar-refractivity contribution < 1.29 is 14.6 Å². The number of hydrogen-bond donors (Lipinski definition) is 1. The highest BCUT2D eigenvalue weighted by Gasteiger charge is 2.24. The van der Waals surface area contributed by atoms with Gasteiger partial charge in [-0.1, -0.05) is 30.7 Å². The van der Waals surface area contributed by atoms with Crippen molar-refractivity contribution in [3.05, 3.63) is 42.0 Å². The largest absolute Gasteiger partial charge is 0.496 e. The molecule has 0 bridgehead atoms. The van der Waals surface area contributed by atoms with Gasteiger partial charge in [-0.05, 0) is 36.3 Å². The number of rotatable bonds is 3. The molecule has 0 aliphatic carbocycles. The van der Waals surface area contributed by atoms with E-state index >= 15 is 0 Å². The molecule has 1 N–H and O–H groups in total. The van der Waals surface area contributed by atoms with Crippen molar-refractivity contribution in [2.75, 3.05) is 26.8 Å². The van der Waals surface area contributed by atoms with E-state index in [1.807, 2.05) is 41.3 Å². The van der Waals surface area contributed by atoms with Gasteiger partial charge in [0.1, 0.15) is 5.75 Å². The summed E-state index contributed by atoms with van der Waals surface area (Å²) >= 11 is 0. The summed E-state index contributed by atoms with van der Waals surface area (Å²) in [6.07, 6.45) is 3.05. The first kappa shape index (κ1) is 15.8. The van der Waals surface area contributed by atoms with E-state index in [-0.39, 0.29) is 18.4 Å². The average Bonchev–Trinajstić information content (AvgIpc) is 2.86. The van der Waals surface area contributed by atoms with Crippen LogP contribution in [-0.2, 0) is 0 Å². The number of fused-ring (bicyclic) bond motifs is 1. The number of methoxy groups -OCH3 is 1. The van der Waals surface area contributed by atoms with Gasteiger partial charge in [-0.3, -0.25) is 4.79 Å². The van der Waals surface area contributed by atoms with Crippen LogP contribution in [0.1, 0.15) is 29.6 Å². The second-order valence-electron chi connectivity index (χ2n) is 6.16. The fraction of sp³-hybridized carbons (Fsp3) is 0.421. The topological polar surface area (TPSA) is 49.8 Å². The zero-order valence-electron chi connectivity index (χ0n) is 13.5. The standard InChI is InChI=1S/C19H23NO3/c1-23-18-10-9-17(15-7-2-3-8-16(15)18)19(22)20-11-5-4-6-14(12-20)13-21/h2-3,7-10,14,21H,4-6,11-13H2,1H3. The van der Waals surface area contributed by atoms with Gasteiger partial charge >= 0.3 is 0 Å². The third-order valence-corrected chi connectivity index (χ3v) is 4.65. The number of aliphatic hydroxyl groups excluding tert-OH is 1. The molecule has 1 aliphatic rings. The molecule has 1 amide bonds. The summed E-state index contributed by atoms with van der Waals surface area (Å²) in [5.41, 5.74) is 0.708. The van der Waals surface area contributed by atoms with Crippen LogP contribution in [0, 0.1) is 5.92 Å². The molecule has 2 aromatic rings. The van der Waals surface area contributed by atoms with Crippen LogP contribution in [0.5, 0.6) is 5.75 Å². The molecule has 1 atom stereocenters. The molecule has 122 valence electrons. The highest BCUT2D eigenvalue weighted by atomic mass is 16.5. The van der Waals surface area contributed by atoms with Gasteiger partial charge in [-0.2, -0.15) is 0 Å². The number of hydrogen-bond acceptors (Lipinski definition) is 3. The summed E-state index contributed by atoms with van der Waals surface area (Å²) in [6.45, 7) is 1.54. The van der Waals surface area contributed by atoms with Crippen molar-refractivity contribution >= 4 is 16.7 Å². The normalized spacial score (nSPS) is 18.7. The Morgan fingerprint density at radius 1 is 1.22 bits per heavy atom. The molecule has 1 fully saturated rings.